The molecule has 100 valence electrons. The Morgan fingerprint density at radius 1 is 1.47 bits per heavy atom. The highest BCUT2D eigenvalue weighted by atomic mass is 16.6. The summed E-state index contributed by atoms with van der Waals surface area (Å²) in [7, 11) is 0. The zero-order valence-electron chi connectivity index (χ0n) is 10.3. The average molecular weight is 263 g/mol. The van der Waals surface area contributed by atoms with E-state index in [0.29, 0.717) is 5.56 Å². The molecule has 0 radical (unpaired) electrons. The minimum atomic E-state index is -0.582. The molecule has 2 rings (SSSR count). The molecule has 19 heavy (non-hydrogen) atoms. The van der Waals surface area contributed by atoms with Crippen molar-refractivity contribution in [2.24, 2.45) is 0 Å². The Kier molecular flexibility index (Phi) is 3.57. The standard InChI is InChI=1S/C12H13N3O4/c1-7(13-10-6-11(16)14-12(10)17)8-3-2-4-9(5-8)15(18)19/h2-5,7,10,13H,6H2,1H3,(H,14,16,17). The van der Waals surface area contributed by atoms with E-state index in [4.69, 9.17) is 0 Å². The number of carbonyl (C=O) groups is 2. The summed E-state index contributed by atoms with van der Waals surface area (Å²) < 4.78 is 0. The molecule has 0 saturated carbocycles. The molecule has 7 nitrogen and oxygen atoms in total. The van der Waals surface area contributed by atoms with Gasteiger partial charge in [-0.25, -0.2) is 0 Å². The molecule has 2 amide bonds. The number of nitro benzene ring substituents is 1. The first kappa shape index (κ1) is 13.2. The zero-order chi connectivity index (χ0) is 14.0. The van der Waals surface area contributed by atoms with Gasteiger partial charge in [0.1, 0.15) is 0 Å². The summed E-state index contributed by atoms with van der Waals surface area (Å²) in [5.41, 5.74) is 0.694. The molecular weight excluding hydrogens is 250 g/mol. The monoisotopic (exact) mass is 263 g/mol. The van der Waals surface area contributed by atoms with E-state index in [0.717, 1.165) is 0 Å². The maximum absolute atomic E-state index is 11.4. The smallest absolute Gasteiger partial charge is 0.269 e. The molecule has 0 bridgehead atoms. The van der Waals surface area contributed by atoms with E-state index in [1.54, 1.807) is 19.1 Å². The van der Waals surface area contributed by atoms with Crippen LogP contribution in [0.1, 0.15) is 24.9 Å². The minimum absolute atomic E-state index is 0.00176. The molecule has 0 spiro atoms. The van der Waals surface area contributed by atoms with Crippen molar-refractivity contribution in [2.45, 2.75) is 25.4 Å². The van der Waals surface area contributed by atoms with Gasteiger partial charge in [0.15, 0.2) is 0 Å². The van der Waals surface area contributed by atoms with Gasteiger partial charge in [-0.1, -0.05) is 12.1 Å². The topological polar surface area (TPSA) is 101 Å². The largest absolute Gasteiger partial charge is 0.299 e. The summed E-state index contributed by atoms with van der Waals surface area (Å²) in [4.78, 5) is 32.7. The second-order valence-electron chi connectivity index (χ2n) is 4.41. The van der Waals surface area contributed by atoms with Gasteiger partial charge in [-0.15, -0.1) is 0 Å². The molecule has 0 aromatic heterocycles. The number of hydrogen-bond donors (Lipinski definition) is 2. The summed E-state index contributed by atoms with van der Waals surface area (Å²) in [5.74, 6) is -0.670. The Bertz CT molecular complexity index is 544. The Morgan fingerprint density at radius 2 is 2.21 bits per heavy atom. The fraction of sp³-hybridized carbons (Fsp3) is 0.333. The predicted octanol–water partition coefficient (Wildman–Crippen LogP) is 0.660. The second-order valence-corrected chi connectivity index (χ2v) is 4.41. The number of nitrogens with zero attached hydrogens (tertiary/aromatic N) is 1. The summed E-state index contributed by atoms with van der Waals surface area (Å²) in [6.07, 6.45) is 0.0953. The van der Waals surface area contributed by atoms with Crippen LogP contribution < -0.4 is 10.6 Å². The molecule has 2 unspecified atom stereocenters. The van der Waals surface area contributed by atoms with Crippen molar-refractivity contribution in [1.29, 1.82) is 0 Å². The van der Waals surface area contributed by atoms with Crippen molar-refractivity contribution in [3.8, 4) is 0 Å². The van der Waals surface area contributed by atoms with Crippen LogP contribution in [0.5, 0.6) is 0 Å². The summed E-state index contributed by atoms with van der Waals surface area (Å²) in [6.45, 7) is 1.79. The van der Waals surface area contributed by atoms with Crippen molar-refractivity contribution in [3.05, 3.63) is 39.9 Å². The number of non-ortho nitro benzene ring substituents is 1. The molecule has 1 fully saturated rings. The van der Waals surface area contributed by atoms with Crippen LogP contribution in [0.4, 0.5) is 5.69 Å². The molecule has 2 N–H and O–H groups in total. The van der Waals surface area contributed by atoms with Crippen molar-refractivity contribution in [2.75, 3.05) is 0 Å². The van der Waals surface area contributed by atoms with Crippen LogP contribution in [0.2, 0.25) is 0 Å². The molecule has 1 aromatic rings. The lowest BCUT2D eigenvalue weighted by Crippen LogP contribution is -2.37. The second kappa shape index (κ2) is 5.15. The van der Waals surface area contributed by atoms with Crippen LogP contribution in [0.3, 0.4) is 0 Å². The number of amides is 2. The van der Waals surface area contributed by atoms with Crippen molar-refractivity contribution >= 4 is 17.5 Å². The van der Waals surface area contributed by atoms with Gasteiger partial charge in [0.05, 0.1) is 17.4 Å². The third-order valence-corrected chi connectivity index (χ3v) is 3.00. The van der Waals surface area contributed by atoms with E-state index in [2.05, 4.69) is 10.6 Å². The molecule has 1 aliphatic heterocycles. The van der Waals surface area contributed by atoms with Crippen LogP contribution >= 0.6 is 0 Å². The SMILES string of the molecule is CC(NC1CC(=O)NC1=O)c1cccc([N+](=O)[O-])c1. The molecule has 2 atom stereocenters. The van der Waals surface area contributed by atoms with Gasteiger partial charge < -0.3 is 0 Å². The van der Waals surface area contributed by atoms with E-state index >= 15 is 0 Å². The van der Waals surface area contributed by atoms with Crippen LogP contribution in [0.15, 0.2) is 24.3 Å². The lowest BCUT2D eigenvalue weighted by atomic mass is 10.1. The Morgan fingerprint density at radius 3 is 2.79 bits per heavy atom. The molecule has 1 aromatic carbocycles. The first-order valence-electron chi connectivity index (χ1n) is 5.81. The van der Waals surface area contributed by atoms with E-state index in [-0.39, 0.29) is 30.0 Å². The first-order valence-corrected chi connectivity index (χ1v) is 5.81. The minimum Gasteiger partial charge on any atom is -0.299 e. The highest BCUT2D eigenvalue weighted by molar-refractivity contribution is 6.05. The van der Waals surface area contributed by atoms with Gasteiger partial charge in [0.25, 0.3) is 5.69 Å². The number of carbonyl (C=O) groups excluding carboxylic acids is 2. The molecule has 0 aliphatic carbocycles. The van der Waals surface area contributed by atoms with Crippen LogP contribution in [0.25, 0.3) is 0 Å². The molecule has 1 heterocycles. The van der Waals surface area contributed by atoms with Crippen LogP contribution in [0, 0.1) is 10.1 Å². The molecule has 7 heteroatoms. The van der Waals surface area contributed by atoms with Crippen LogP contribution in [-0.2, 0) is 9.59 Å². The fourth-order valence-corrected chi connectivity index (χ4v) is 1.99. The third-order valence-electron chi connectivity index (χ3n) is 3.00. The predicted molar refractivity (Wildman–Crippen MR) is 66.2 cm³/mol. The first-order chi connectivity index (χ1) is 8.97. The molecule has 1 saturated heterocycles. The Balaban J connectivity index is 2.09. The number of nitrogens with one attached hydrogen (secondary N) is 2. The number of imide groups is 1. The fourth-order valence-electron chi connectivity index (χ4n) is 1.99. The Hall–Kier alpha value is -2.28. The maximum atomic E-state index is 11.4. The third kappa shape index (κ3) is 2.94. The van der Waals surface area contributed by atoms with Crippen molar-refractivity contribution in [3.63, 3.8) is 0 Å². The highest BCUT2D eigenvalue weighted by Crippen LogP contribution is 2.20. The molecule has 1 aliphatic rings. The number of benzene rings is 1. The number of hydrogen-bond acceptors (Lipinski definition) is 5. The van der Waals surface area contributed by atoms with Gasteiger partial charge in [-0.05, 0) is 12.5 Å². The zero-order valence-corrected chi connectivity index (χ0v) is 10.3. The highest BCUT2D eigenvalue weighted by Gasteiger charge is 2.31. The number of rotatable bonds is 4. The van der Waals surface area contributed by atoms with Gasteiger partial charge in [0, 0.05) is 18.2 Å². The lowest BCUT2D eigenvalue weighted by Gasteiger charge is -2.17. The van der Waals surface area contributed by atoms with Gasteiger partial charge in [-0.2, -0.15) is 0 Å². The van der Waals surface area contributed by atoms with E-state index in [1.807, 2.05) is 0 Å². The lowest BCUT2D eigenvalue weighted by molar-refractivity contribution is -0.384. The summed E-state index contributed by atoms with van der Waals surface area (Å²) in [5, 5.41) is 15.9. The maximum Gasteiger partial charge on any atom is 0.269 e. The Labute approximate surface area is 109 Å². The van der Waals surface area contributed by atoms with E-state index < -0.39 is 11.0 Å². The van der Waals surface area contributed by atoms with Gasteiger partial charge in [-0.3, -0.25) is 30.3 Å². The molecular formula is C12H13N3O4. The van der Waals surface area contributed by atoms with Gasteiger partial charge >= 0.3 is 0 Å². The van der Waals surface area contributed by atoms with Crippen LogP contribution in [-0.4, -0.2) is 22.8 Å². The average Bonchev–Trinajstić information content (AvgIpc) is 2.68. The van der Waals surface area contributed by atoms with E-state index in [1.165, 1.54) is 12.1 Å². The quantitative estimate of drug-likeness (QED) is 0.472. The number of nitro groups is 1. The van der Waals surface area contributed by atoms with Crippen molar-refractivity contribution in [1.82, 2.24) is 10.6 Å². The normalized spacial score (nSPS) is 20.2. The summed E-state index contributed by atoms with van der Waals surface area (Å²) in [6, 6.07) is 5.34. The van der Waals surface area contributed by atoms with Gasteiger partial charge in [0.2, 0.25) is 11.8 Å². The summed E-state index contributed by atoms with van der Waals surface area (Å²) >= 11 is 0. The van der Waals surface area contributed by atoms with E-state index in [9.17, 15) is 19.7 Å². The van der Waals surface area contributed by atoms with Crippen molar-refractivity contribution < 1.29 is 14.5 Å².